The first-order valence-electron chi connectivity index (χ1n) is 10.4. The number of rotatable bonds is 7. The van der Waals surface area contributed by atoms with E-state index in [0.717, 1.165) is 22.4 Å². The summed E-state index contributed by atoms with van der Waals surface area (Å²) >= 11 is 1.40. The summed E-state index contributed by atoms with van der Waals surface area (Å²) in [5, 5.41) is 9.53. The monoisotopic (exact) mass is 443 g/mol. The minimum atomic E-state index is 0.0421. The number of hydrogen-bond acceptors (Lipinski definition) is 5. The van der Waals surface area contributed by atoms with Gasteiger partial charge in [-0.25, -0.2) is 0 Å². The Morgan fingerprint density at radius 2 is 1.72 bits per heavy atom. The number of benzene rings is 2. The van der Waals surface area contributed by atoms with Gasteiger partial charge in [-0.15, -0.1) is 10.2 Å². The van der Waals surface area contributed by atoms with Crippen LogP contribution in [0.15, 0.2) is 78.2 Å². The van der Waals surface area contributed by atoms with Gasteiger partial charge in [-0.05, 0) is 48.7 Å². The van der Waals surface area contributed by atoms with Crippen LogP contribution in [0, 0.1) is 13.8 Å². The van der Waals surface area contributed by atoms with Gasteiger partial charge in [0.15, 0.2) is 11.0 Å². The van der Waals surface area contributed by atoms with Crippen molar-refractivity contribution >= 4 is 17.7 Å². The molecule has 0 atom stereocenters. The topological polar surface area (TPSA) is 63.9 Å². The van der Waals surface area contributed by atoms with E-state index in [1.165, 1.54) is 17.3 Å². The van der Waals surface area contributed by atoms with Crippen LogP contribution in [0.1, 0.15) is 16.7 Å². The molecule has 0 fully saturated rings. The van der Waals surface area contributed by atoms with Crippen LogP contribution < -0.4 is 0 Å². The van der Waals surface area contributed by atoms with E-state index in [0.29, 0.717) is 17.5 Å². The maximum atomic E-state index is 12.9. The van der Waals surface area contributed by atoms with Crippen LogP contribution in [-0.2, 0) is 11.3 Å². The van der Waals surface area contributed by atoms with Gasteiger partial charge in [0.1, 0.15) is 0 Å². The van der Waals surface area contributed by atoms with Gasteiger partial charge in [0.05, 0.1) is 11.4 Å². The molecule has 2 aromatic carbocycles. The Bertz CT molecular complexity index is 1220. The first-order chi connectivity index (χ1) is 15.5. The molecule has 4 aromatic rings. The van der Waals surface area contributed by atoms with E-state index in [1.54, 1.807) is 17.3 Å². The van der Waals surface area contributed by atoms with Crippen LogP contribution in [0.3, 0.4) is 0 Å². The van der Waals surface area contributed by atoms with E-state index in [9.17, 15) is 4.79 Å². The van der Waals surface area contributed by atoms with Gasteiger partial charge in [0.25, 0.3) is 0 Å². The summed E-state index contributed by atoms with van der Waals surface area (Å²) in [4.78, 5) is 18.8. The fraction of sp³-hybridized carbons (Fsp3) is 0.200. The molecule has 0 saturated carbocycles. The van der Waals surface area contributed by atoms with Crippen LogP contribution in [0.25, 0.3) is 17.1 Å². The molecule has 1 amide bonds. The number of aryl methyl sites for hydroxylation is 2. The number of thioether (sulfide) groups is 1. The molecule has 2 aromatic heterocycles. The van der Waals surface area contributed by atoms with E-state index in [4.69, 9.17) is 0 Å². The smallest absolute Gasteiger partial charge is 0.233 e. The summed E-state index contributed by atoms with van der Waals surface area (Å²) in [6.45, 7) is 4.70. The highest BCUT2D eigenvalue weighted by atomic mass is 32.2. The van der Waals surface area contributed by atoms with Gasteiger partial charge in [0, 0.05) is 31.5 Å². The Labute approximate surface area is 192 Å². The van der Waals surface area contributed by atoms with Crippen molar-refractivity contribution in [1.29, 1.82) is 0 Å². The third-order valence-corrected chi connectivity index (χ3v) is 6.24. The summed E-state index contributed by atoms with van der Waals surface area (Å²) in [5.74, 6) is 1.02. The summed E-state index contributed by atoms with van der Waals surface area (Å²) in [5.41, 5.74) is 5.29. The molecular formula is C25H25N5OS. The molecule has 2 heterocycles. The third kappa shape index (κ3) is 4.73. The molecule has 32 heavy (non-hydrogen) atoms. The minimum Gasteiger partial charge on any atom is -0.341 e. The number of carbonyl (C=O) groups excluding carboxylic acids is 1. The van der Waals surface area contributed by atoms with Crippen molar-refractivity contribution in [2.75, 3.05) is 12.8 Å². The van der Waals surface area contributed by atoms with Crippen LogP contribution in [0.5, 0.6) is 0 Å². The number of nitrogens with zero attached hydrogens (tertiary/aromatic N) is 5. The molecule has 0 aliphatic carbocycles. The SMILES string of the molecule is Cc1ccccc1CN(C)C(=O)CSc1nnc(-c2cccnc2)n1-c1ccccc1C. The maximum Gasteiger partial charge on any atom is 0.233 e. The van der Waals surface area contributed by atoms with Crippen LogP contribution in [0.2, 0.25) is 0 Å². The van der Waals surface area contributed by atoms with Crippen LogP contribution in [0.4, 0.5) is 0 Å². The first kappa shape index (κ1) is 21.8. The fourth-order valence-corrected chi connectivity index (χ4v) is 4.33. The molecule has 0 radical (unpaired) electrons. The number of hydrogen-bond donors (Lipinski definition) is 0. The van der Waals surface area contributed by atoms with Crippen molar-refractivity contribution in [3.8, 4) is 17.1 Å². The zero-order chi connectivity index (χ0) is 22.5. The lowest BCUT2D eigenvalue weighted by Crippen LogP contribution is -2.28. The lowest BCUT2D eigenvalue weighted by molar-refractivity contribution is -0.127. The van der Waals surface area contributed by atoms with Crippen LogP contribution >= 0.6 is 11.8 Å². The predicted molar refractivity (Wildman–Crippen MR) is 128 cm³/mol. The Kier molecular flexibility index (Phi) is 6.66. The number of aromatic nitrogens is 4. The Hall–Kier alpha value is -3.45. The van der Waals surface area contributed by atoms with Crippen molar-refractivity contribution in [3.63, 3.8) is 0 Å². The summed E-state index contributed by atoms with van der Waals surface area (Å²) in [6.07, 6.45) is 3.50. The Balaban J connectivity index is 1.57. The first-order valence-corrected chi connectivity index (χ1v) is 11.4. The number of amides is 1. The predicted octanol–water partition coefficient (Wildman–Crippen LogP) is 4.70. The molecule has 7 heteroatoms. The van der Waals surface area contributed by atoms with Crippen molar-refractivity contribution in [1.82, 2.24) is 24.6 Å². The van der Waals surface area contributed by atoms with E-state index < -0.39 is 0 Å². The van der Waals surface area contributed by atoms with Crippen molar-refractivity contribution < 1.29 is 4.79 Å². The molecule has 0 bridgehead atoms. The van der Waals surface area contributed by atoms with Gasteiger partial charge in [-0.2, -0.15) is 0 Å². The second-order valence-corrected chi connectivity index (χ2v) is 8.58. The highest BCUT2D eigenvalue weighted by Crippen LogP contribution is 2.29. The molecule has 0 aliphatic rings. The average molecular weight is 444 g/mol. The lowest BCUT2D eigenvalue weighted by Gasteiger charge is -2.18. The molecule has 0 unspecified atom stereocenters. The number of pyridine rings is 1. The molecule has 0 N–H and O–H groups in total. The molecule has 0 saturated heterocycles. The van der Waals surface area contributed by atoms with Gasteiger partial charge < -0.3 is 4.90 Å². The normalized spacial score (nSPS) is 10.8. The average Bonchev–Trinajstić information content (AvgIpc) is 3.23. The molecular weight excluding hydrogens is 418 g/mol. The molecule has 4 rings (SSSR count). The summed E-state index contributed by atoms with van der Waals surface area (Å²) in [7, 11) is 1.84. The van der Waals surface area contributed by atoms with E-state index in [-0.39, 0.29) is 11.7 Å². The zero-order valence-electron chi connectivity index (χ0n) is 18.4. The summed E-state index contributed by atoms with van der Waals surface area (Å²) < 4.78 is 2.01. The quantitative estimate of drug-likeness (QED) is 0.388. The van der Waals surface area contributed by atoms with Gasteiger partial charge in [-0.3, -0.25) is 14.3 Å². The third-order valence-electron chi connectivity index (χ3n) is 5.33. The molecule has 0 spiro atoms. The van der Waals surface area contributed by atoms with Gasteiger partial charge in [-0.1, -0.05) is 54.2 Å². The van der Waals surface area contributed by atoms with Crippen molar-refractivity contribution in [3.05, 3.63) is 89.7 Å². The highest BCUT2D eigenvalue weighted by Gasteiger charge is 2.19. The standard InChI is InChI=1S/C25H25N5OS/c1-18-9-4-6-11-21(18)16-29(3)23(31)17-32-25-28-27-24(20-12-8-14-26-15-20)30(25)22-13-7-5-10-19(22)2/h4-15H,16-17H2,1-3H3. The molecule has 162 valence electrons. The number of para-hydroxylation sites is 1. The second-order valence-electron chi connectivity index (χ2n) is 7.63. The van der Waals surface area contributed by atoms with E-state index in [2.05, 4.69) is 47.2 Å². The minimum absolute atomic E-state index is 0.0421. The Morgan fingerprint density at radius 1 is 0.969 bits per heavy atom. The largest absolute Gasteiger partial charge is 0.341 e. The second kappa shape index (κ2) is 9.78. The van der Waals surface area contributed by atoms with E-state index in [1.807, 2.05) is 54.1 Å². The molecule has 6 nitrogen and oxygen atoms in total. The lowest BCUT2D eigenvalue weighted by atomic mass is 10.1. The Morgan fingerprint density at radius 3 is 2.44 bits per heavy atom. The van der Waals surface area contributed by atoms with Gasteiger partial charge >= 0.3 is 0 Å². The maximum absolute atomic E-state index is 12.9. The molecule has 0 aliphatic heterocycles. The van der Waals surface area contributed by atoms with Crippen molar-refractivity contribution in [2.24, 2.45) is 0 Å². The van der Waals surface area contributed by atoms with Crippen molar-refractivity contribution in [2.45, 2.75) is 25.5 Å². The van der Waals surface area contributed by atoms with Crippen LogP contribution in [-0.4, -0.2) is 43.4 Å². The zero-order valence-corrected chi connectivity index (χ0v) is 19.2. The summed E-state index contributed by atoms with van der Waals surface area (Å²) in [6, 6.07) is 20.1. The number of carbonyl (C=O) groups is 1. The van der Waals surface area contributed by atoms with E-state index >= 15 is 0 Å². The highest BCUT2D eigenvalue weighted by molar-refractivity contribution is 7.99. The van der Waals surface area contributed by atoms with Gasteiger partial charge in [0.2, 0.25) is 5.91 Å². The fourth-order valence-electron chi connectivity index (χ4n) is 3.44.